The van der Waals surface area contributed by atoms with Crippen molar-refractivity contribution in [3.05, 3.63) is 65.2 Å². The van der Waals surface area contributed by atoms with Crippen molar-refractivity contribution < 1.29 is 4.92 Å². The summed E-state index contributed by atoms with van der Waals surface area (Å²) in [7, 11) is 0. The molecule has 0 saturated heterocycles. The average molecular weight is 305 g/mol. The van der Waals surface area contributed by atoms with Gasteiger partial charge in [-0.3, -0.25) is 19.7 Å². The standard InChI is InChI=1S/C16H11N5O2/c17-13-5-12-8-19-16(7-11(12)6-14(13)21(22)23)20-4-2-10-1-3-18-9-15(10)20/h1-9H,17H2. The minimum absolute atomic E-state index is 0.103. The number of nitrogens with two attached hydrogens (primary N) is 1. The summed E-state index contributed by atoms with van der Waals surface area (Å²) in [6, 6.07) is 8.72. The summed E-state index contributed by atoms with van der Waals surface area (Å²) in [4.78, 5) is 19.1. The number of nitrogen functional groups attached to an aromatic ring is 1. The van der Waals surface area contributed by atoms with Gasteiger partial charge in [0, 0.05) is 35.4 Å². The predicted molar refractivity (Wildman–Crippen MR) is 87.4 cm³/mol. The van der Waals surface area contributed by atoms with Gasteiger partial charge in [-0.05, 0) is 29.7 Å². The molecule has 3 aromatic heterocycles. The molecule has 0 fully saturated rings. The van der Waals surface area contributed by atoms with Gasteiger partial charge in [0.05, 0.1) is 16.6 Å². The van der Waals surface area contributed by atoms with E-state index in [1.165, 1.54) is 6.07 Å². The number of pyridine rings is 2. The first-order valence-corrected chi connectivity index (χ1v) is 6.88. The summed E-state index contributed by atoms with van der Waals surface area (Å²) < 4.78 is 1.89. The van der Waals surface area contributed by atoms with E-state index in [-0.39, 0.29) is 11.4 Å². The highest BCUT2D eigenvalue weighted by Crippen LogP contribution is 2.29. The van der Waals surface area contributed by atoms with Crippen molar-refractivity contribution in [2.75, 3.05) is 5.73 Å². The third-order valence-electron chi connectivity index (χ3n) is 3.79. The number of hydrogen-bond acceptors (Lipinski definition) is 5. The van der Waals surface area contributed by atoms with Gasteiger partial charge in [-0.2, -0.15) is 0 Å². The maximum atomic E-state index is 11.1. The zero-order chi connectivity index (χ0) is 16.0. The molecule has 7 heteroatoms. The Kier molecular flexibility index (Phi) is 2.74. The molecule has 0 spiro atoms. The molecule has 112 valence electrons. The molecule has 0 aliphatic carbocycles. The Labute approximate surface area is 130 Å². The molecule has 4 aromatic rings. The highest BCUT2D eigenvalue weighted by atomic mass is 16.6. The molecule has 23 heavy (non-hydrogen) atoms. The second-order valence-electron chi connectivity index (χ2n) is 5.18. The number of hydrogen-bond donors (Lipinski definition) is 1. The van der Waals surface area contributed by atoms with Gasteiger partial charge in [-0.15, -0.1) is 0 Å². The second kappa shape index (κ2) is 4.77. The van der Waals surface area contributed by atoms with Crippen LogP contribution >= 0.6 is 0 Å². The molecule has 0 amide bonds. The first-order chi connectivity index (χ1) is 11.1. The van der Waals surface area contributed by atoms with E-state index in [0.717, 1.165) is 16.3 Å². The van der Waals surface area contributed by atoms with Gasteiger partial charge in [0.2, 0.25) is 0 Å². The van der Waals surface area contributed by atoms with E-state index >= 15 is 0 Å². The Balaban J connectivity index is 1.94. The normalized spacial score (nSPS) is 11.1. The van der Waals surface area contributed by atoms with Crippen molar-refractivity contribution >= 4 is 33.1 Å². The first kappa shape index (κ1) is 13.2. The summed E-state index contributed by atoms with van der Waals surface area (Å²) in [5.41, 5.74) is 6.66. The number of rotatable bonds is 2. The number of benzene rings is 1. The number of anilines is 1. The Morgan fingerprint density at radius 3 is 2.78 bits per heavy atom. The van der Waals surface area contributed by atoms with Crippen LogP contribution in [0.2, 0.25) is 0 Å². The van der Waals surface area contributed by atoms with Crippen LogP contribution in [0.3, 0.4) is 0 Å². The fraction of sp³-hybridized carbons (Fsp3) is 0. The molecule has 2 N–H and O–H groups in total. The Bertz CT molecular complexity index is 1070. The van der Waals surface area contributed by atoms with Gasteiger partial charge in [-0.1, -0.05) is 0 Å². The molecule has 0 aliphatic rings. The highest BCUT2D eigenvalue weighted by Gasteiger charge is 2.13. The van der Waals surface area contributed by atoms with Crippen LogP contribution < -0.4 is 5.73 Å². The maximum Gasteiger partial charge on any atom is 0.292 e. The molecular weight excluding hydrogens is 294 g/mol. The van der Waals surface area contributed by atoms with Crippen LogP contribution in [0.25, 0.3) is 27.5 Å². The lowest BCUT2D eigenvalue weighted by molar-refractivity contribution is -0.383. The topological polar surface area (TPSA) is 99.9 Å². The minimum Gasteiger partial charge on any atom is -0.393 e. The predicted octanol–water partition coefficient (Wildman–Crippen LogP) is 3.06. The third-order valence-corrected chi connectivity index (χ3v) is 3.79. The molecule has 0 bridgehead atoms. The first-order valence-electron chi connectivity index (χ1n) is 6.88. The SMILES string of the molecule is Nc1cc2cnc(-n3ccc4ccncc43)cc2cc1[N+](=O)[O-]. The van der Waals surface area contributed by atoms with Gasteiger partial charge in [-0.25, -0.2) is 4.98 Å². The van der Waals surface area contributed by atoms with Gasteiger partial charge in [0.25, 0.3) is 5.69 Å². The lowest BCUT2D eigenvalue weighted by Crippen LogP contribution is -1.98. The Morgan fingerprint density at radius 2 is 1.96 bits per heavy atom. The van der Waals surface area contributed by atoms with E-state index in [1.807, 2.05) is 22.9 Å². The summed E-state index contributed by atoms with van der Waals surface area (Å²) in [5.74, 6) is 0.666. The van der Waals surface area contributed by atoms with Crippen molar-refractivity contribution in [2.24, 2.45) is 0 Å². The van der Waals surface area contributed by atoms with Crippen LogP contribution in [-0.2, 0) is 0 Å². The van der Waals surface area contributed by atoms with Crippen molar-refractivity contribution in [1.29, 1.82) is 0 Å². The summed E-state index contributed by atoms with van der Waals surface area (Å²) >= 11 is 0. The van der Waals surface area contributed by atoms with E-state index in [9.17, 15) is 10.1 Å². The van der Waals surface area contributed by atoms with Crippen LogP contribution in [0.5, 0.6) is 0 Å². The number of nitrogens with zero attached hydrogens (tertiary/aromatic N) is 4. The highest BCUT2D eigenvalue weighted by molar-refractivity contribution is 5.90. The van der Waals surface area contributed by atoms with Crippen LogP contribution in [-0.4, -0.2) is 19.5 Å². The average Bonchev–Trinajstić information content (AvgIpc) is 2.97. The van der Waals surface area contributed by atoms with Crippen LogP contribution in [0.4, 0.5) is 11.4 Å². The van der Waals surface area contributed by atoms with E-state index < -0.39 is 4.92 Å². The van der Waals surface area contributed by atoms with E-state index in [4.69, 9.17) is 5.73 Å². The lowest BCUT2D eigenvalue weighted by atomic mass is 10.1. The Morgan fingerprint density at radius 1 is 1.09 bits per heavy atom. The molecule has 0 unspecified atom stereocenters. The zero-order valence-electron chi connectivity index (χ0n) is 11.9. The molecule has 0 atom stereocenters. The molecule has 1 aromatic carbocycles. The van der Waals surface area contributed by atoms with E-state index in [0.29, 0.717) is 11.2 Å². The van der Waals surface area contributed by atoms with Crippen molar-refractivity contribution in [3.63, 3.8) is 0 Å². The molecular formula is C16H11N5O2. The number of fused-ring (bicyclic) bond motifs is 2. The second-order valence-corrected chi connectivity index (χ2v) is 5.18. The van der Waals surface area contributed by atoms with Crippen molar-refractivity contribution in [3.8, 4) is 5.82 Å². The van der Waals surface area contributed by atoms with Crippen molar-refractivity contribution in [2.45, 2.75) is 0 Å². The number of nitro benzene ring substituents is 1. The molecule has 0 aliphatic heterocycles. The molecule has 4 rings (SSSR count). The fourth-order valence-corrected chi connectivity index (χ4v) is 2.65. The molecule has 3 heterocycles. The van der Waals surface area contributed by atoms with Crippen LogP contribution in [0.15, 0.2) is 55.1 Å². The van der Waals surface area contributed by atoms with E-state index in [1.54, 1.807) is 30.7 Å². The number of nitro groups is 1. The molecule has 0 radical (unpaired) electrons. The maximum absolute atomic E-state index is 11.1. The van der Waals surface area contributed by atoms with Crippen molar-refractivity contribution in [1.82, 2.24) is 14.5 Å². The monoisotopic (exact) mass is 305 g/mol. The van der Waals surface area contributed by atoms with Crippen LogP contribution in [0, 0.1) is 10.1 Å². The van der Waals surface area contributed by atoms with Gasteiger partial charge in [0.1, 0.15) is 11.5 Å². The minimum atomic E-state index is -0.482. The van der Waals surface area contributed by atoms with Gasteiger partial charge in [0.15, 0.2) is 0 Å². The third kappa shape index (κ3) is 2.06. The summed E-state index contributed by atoms with van der Waals surface area (Å²) in [6.45, 7) is 0. The zero-order valence-corrected chi connectivity index (χ0v) is 11.9. The molecule has 0 saturated carbocycles. The van der Waals surface area contributed by atoms with Gasteiger partial charge >= 0.3 is 0 Å². The lowest BCUT2D eigenvalue weighted by Gasteiger charge is -2.07. The number of aromatic nitrogens is 3. The smallest absolute Gasteiger partial charge is 0.292 e. The quantitative estimate of drug-likeness (QED) is 0.348. The summed E-state index contributed by atoms with van der Waals surface area (Å²) in [6.07, 6.45) is 7.04. The van der Waals surface area contributed by atoms with Crippen LogP contribution in [0.1, 0.15) is 0 Å². The summed E-state index contributed by atoms with van der Waals surface area (Å²) in [5, 5.41) is 13.6. The Hall–Kier alpha value is -3.48. The van der Waals surface area contributed by atoms with E-state index in [2.05, 4.69) is 9.97 Å². The fourth-order valence-electron chi connectivity index (χ4n) is 2.65. The molecule has 7 nitrogen and oxygen atoms in total. The van der Waals surface area contributed by atoms with Gasteiger partial charge < -0.3 is 5.73 Å². The largest absolute Gasteiger partial charge is 0.393 e.